The highest BCUT2D eigenvalue weighted by molar-refractivity contribution is 8.09. The Morgan fingerprint density at radius 2 is 1.89 bits per heavy atom. The molecule has 4 aromatic rings. The first kappa shape index (κ1) is 31.1. The molecule has 242 valence electrons. The van der Waals surface area contributed by atoms with E-state index in [2.05, 4.69) is 25.0 Å². The third kappa shape index (κ3) is 5.92. The lowest BCUT2D eigenvalue weighted by molar-refractivity contribution is -0.0477. The highest BCUT2D eigenvalue weighted by atomic mass is 32.5. The number of halogens is 1. The van der Waals surface area contributed by atoms with Crippen LogP contribution >= 0.6 is 13.2 Å². The van der Waals surface area contributed by atoms with Crippen LogP contribution < -0.4 is 17.0 Å². The van der Waals surface area contributed by atoms with Crippen molar-refractivity contribution >= 4 is 65.3 Å². The first-order valence-corrected chi connectivity index (χ1v) is 18.8. The van der Waals surface area contributed by atoms with E-state index in [9.17, 15) is 14.6 Å². The van der Waals surface area contributed by atoms with Crippen molar-refractivity contribution in [3.8, 4) is 0 Å². The van der Waals surface area contributed by atoms with Gasteiger partial charge >= 0.3 is 6.72 Å². The topological polar surface area (TPSA) is 242 Å². The number of ether oxygens (including phenoxy) is 3. The zero-order valence-electron chi connectivity index (χ0n) is 22.9. The number of hydrogen-bond donors (Lipinski definition) is 5. The lowest BCUT2D eigenvalue weighted by Gasteiger charge is -2.27. The Kier molecular flexibility index (Phi) is 8.03. The van der Waals surface area contributed by atoms with Gasteiger partial charge < -0.3 is 44.5 Å². The SMILES string of the molecule is Nc1nc2c(ncn2[C@@H]2O[C@@H]3COP(O)(=S)CO[C@H]4C[C@H](c5cnc6c(N)ccnn56)O[C@@H]4COP(O)(=S)O[C@@H]2[C@@H]3F)c(=O)[nH]1. The van der Waals surface area contributed by atoms with E-state index >= 15 is 4.39 Å². The van der Waals surface area contributed by atoms with E-state index in [1.165, 1.54) is 21.6 Å². The van der Waals surface area contributed by atoms with Gasteiger partial charge in [-0.25, -0.2) is 18.9 Å². The van der Waals surface area contributed by atoms with E-state index in [1.54, 1.807) is 12.3 Å². The Labute approximate surface area is 262 Å². The number of nitrogens with zero attached hydrogens (tertiary/aromatic N) is 6. The van der Waals surface area contributed by atoms with E-state index in [0.717, 1.165) is 0 Å². The average molecular weight is 706 g/mol. The first-order chi connectivity index (χ1) is 21.4. The summed E-state index contributed by atoms with van der Waals surface area (Å²) in [5.74, 6) is -0.219. The second kappa shape index (κ2) is 11.6. The summed E-state index contributed by atoms with van der Waals surface area (Å²) in [5.41, 5.74) is 12.4. The number of hydrogen-bond acceptors (Lipinski definition) is 15. The van der Waals surface area contributed by atoms with Gasteiger partial charge in [0.05, 0.1) is 49.4 Å². The normalized spacial score (nSPS) is 36.3. The number of aromatic nitrogens is 7. The molecular weight excluding hydrogens is 679 g/mol. The van der Waals surface area contributed by atoms with Crippen LogP contribution in [0.15, 0.2) is 29.6 Å². The summed E-state index contributed by atoms with van der Waals surface area (Å²) in [6.45, 7) is -8.66. The van der Waals surface area contributed by atoms with Gasteiger partial charge in [0.25, 0.3) is 5.56 Å². The highest BCUT2D eigenvalue weighted by Crippen LogP contribution is 2.52. The summed E-state index contributed by atoms with van der Waals surface area (Å²) in [7, 11) is 0. The molecule has 45 heavy (non-hydrogen) atoms. The fourth-order valence-corrected chi connectivity index (χ4v) is 8.05. The van der Waals surface area contributed by atoms with Crippen LogP contribution in [0, 0.1) is 0 Å². The number of anilines is 2. The van der Waals surface area contributed by atoms with Crippen LogP contribution in [0.3, 0.4) is 0 Å². The number of rotatable bonds is 2. The molecule has 9 atom stereocenters. The van der Waals surface area contributed by atoms with Gasteiger partial charge in [-0.1, -0.05) is 0 Å². The van der Waals surface area contributed by atoms with Crippen molar-refractivity contribution in [2.24, 2.45) is 0 Å². The molecule has 3 saturated heterocycles. The molecule has 2 bridgehead atoms. The largest absolute Gasteiger partial charge is 0.396 e. The van der Waals surface area contributed by atoms with Crippen LogP contribution in [0.1, 0.15) is 24.4 Å². The number of nitrogens with one attached hydrogen (secondary N) is 1. The summed E-state index contributed by atoms with van der Waals surface area (Å²) >= 11 is 10.6. The van der Waals surface area contributed by atoms with Crippen LogP contribution in [0.2, 0.25) is 0 Å². The molecule has 3 fully saturated rings. The van der Waals surface area contributed by atoms with Gasteiger partial charge in [0.2, 0.25) is 12.4 Å². The maximum Gasteiger partial charge on any atom is 0.325 e. The Hall–Kier alpha value is -2.52. The zero-order chi connectivity index (χ0) is 31.7. The molecule has 3 aliphatic rings. The van der Waals surface area contributed by atoms with Crippen LogP contribution in [0.25, 0.3) is 16.8 Å². The molecule has 0 amide bonds. The van der Waals surface area contributed by atoms with Gasteiger partial charge in [0.15, 0.2) is 29.2 Å². The predicted octanol–water partition coefficient (Wildman–Crippen LogP) is 0.386. The van der Waals surface area contributed by atoms with Crippen molar-refractivity contribution in [2.75, 3.05) is 31.0 Å². The Morgan fingerprint density at radius 1 is 1.09 bits per heavy atom. The highest BCUT2D eigenvalue weighted by Gasteiger charge is 2.51. The van der Waals surface area contributed by atoms with Gasteiger partial charge in [0, 0.05) is 6.42 Å². The Bertz CT molecular complexity index is 1930. The fourth-order valence-electron chi connectivity index (χ4n) is 5.44. The minimum atomic E-state index is -4.18. The smallest absolute Gasteiger partial charge is 0.325 e. The summed E-state index contributed by atoms with van der Waals surface area (Å²) in [6.07, 6.45) is -4.32. The standard InChI is InChI=1S/C22H26FN9O9P2S2/c23-15-14-6-37-42(34,44)8-36-12-3-11(10-4-26-18-9(24)1-2-28-32(10)18)39-13(12)5-38-43(35,45)41-17(15)21(40-14)31-7-27-16-19(31)29-22(25)30-20(16)33/h1-2,4,7,11-15,17,21H,3,5-6,8,24H2,(H,34,44)(H,35,45)(H3,25,29,30,33)/t11-,12+,13-,14-,15-,17-,21-,42?,43?/m1/s1. The lowest BCUT2D eigenvalue weighted by Crippen LogP contribution is -2.34. The second-order valence-corrected chi connectivity index (χ2v) is 16.8. The minimum Gasteiger partial charge on any atom is -0.396 e. The maximum atomic E-state index is 15.9. The van der Waals surface area contributed by atoms with Crippen molar-refractivity contribution in [1.82, 2.24) is 34.1 Å². The van der Waals surface area contributed by atoms with Crippen LogP contribution in [-0.2, 0) is 51.4 Å². The van der Waals surface area contributed by atoms with Crippen molar-refractivity contribution in [1.29, 1.82) is 0 Å². The fraction of sp³-hybridized carbons (Fsp3) is 0.500. The number of H-pyrrole nitrogens is 1. The van der Waals surface area contributed by atoms with Crippen molar-refractivity contribution in [3.63, 3.8) is 0 Å². The molecule has 23 heteroatoms. The second-order valence-electron chi connectivity index (χ2n) is 10.5. The number of nitrogens with two attached hydrogens (primary N) is 2. The molecule has 7 N–H and O–H groups in total. The third-order valence-corrected chi connectivity index (χ3v) is 10.7. The lowest BCUT2D eigenvalue weighted by atomic mass is 10.1. The van der Waals surface area contributed by atoms with Crippen LogP contribution in [-0.4, -0.2) is 94.1 Å². The van der Waals surface area contributed by atoms with E-state index in [0.29, 0.717) is 17.0 Å². The summed E-state index contributed by atoms with van der Waals surface area (Å²) in [4.78, 5) is 49.1. The molecule has 0 spiro atoms. The number of imidazole rings is 2. The van der Waals surface area contributed by atoms with Crippen LogP contribution in [0.4, 0.5) is 16.0 Å². The molecule has 18 nitrogen and oxygen atoms in total. The maximum absolute atomic E-state index is 15.9. The monoisotopic (exact) mass is 705 g/mol. The van der Waals surface area contributed by atoms with Gasteiger partial charge in [-0.2, -0.15) is 10.1 Å². The van der Waals surface area contributed by atoms with Crippen LogP contribution in [0.5, 0.6) is 0 Å². The zero-order valence-corrected chi connectivity index (χ0v) is 26.3. The average Bonchev–Trinajstić information content (AvgIpc) is 3.75. The molecule has 7 heterocycles. The predicted molar refractivity (Wildman–Crippen MR) is 161 cm³/mol. The molecule has 7 rings (SSSR count). The minimum absolute atomic E-state index is 0.0359. The number of nitrogen functional groups attached to an aromatic ring is 2. The van der Waals surface area contributed by atoms with Gasteiger partial charge in [-0.05, 0) is 29.7 Å². The van der Waals surface area contributed by atoms with Gasteiger partial charge in [-0.15, -0.1) is 0 Å². The van der Waals surface area contributed by atoms with Crippen molar-refractivity contribution in [3.05, 3.63) is 40.8 Å². The number of alkyl halides is 1. The van der Waals surface area contributed by atoms with Crippen molar-refractivity contribution < 1.29 is 42.0 Å². The van der Waals surface area contributed by atoms with Gasteiger partial charge in [0.1, 0.15) is 30.8 Å². The Balaban J connectivity index is 1.18. The molecular formula is C22H26FN9O9P2S2. The molecule has 0 aromatic carbocycles. The molecule has 0 saturated carbocycles. The summed E-state index contributed by atoms with van der Waals surface area (Å²) < 4.78 is 53.7. The quantitative estimate of drug-likeness (QED) is 0.177. The van der Waals surface area contributed by atoms with E-state index in [4.69, 9.17) is 62.9 Å². The molecule has 2 unspecified atom stereocenters. The molecule has 4 aromatic heterocycles. The Morgan fingerprint density at radius 3 is 2.71 bits per heavy atom. The first-order valence-electron chi connectivity index (χ1n) is 13.4. The summed E-state index contributed by atoms with van der Waals surface area (Å²) in [6, 6.07) is 1.62. The van der Waals surface area contributed by atoms with Gasteiger partial charge in [-0.3, -0.25) is 18.9 Å². The van der Waals surface area contributed by atoms with E-state index in [1.807, 2.05) is 0 Å². The third-order valence-electron chi connectivity index (χ3n) is 7.53. The molecule has 0 aliphatic carbocycles. The molecule has 0 radical (unpaired) electrons. The molecule has 3 aliphatic heterocycles. The number of fused-ring (bicyclic) bond motifs is 5. The number of aromatic amines is 1. The summed E-state index contributed by atoms with van der Waals surface area (Å²) in [5, 5.41) is 4.30. The van der Waals surface area contributed by atoms with Crippen molar-refractivity contribution in [2.45, 2.75) is 49.3 Å². The van der Waals surface area contributed by atoms with E-state index in [-0.39, 0.29) is 30.1 Å². The van der Waals surface area contributed by atoms with E-state index < -0.39 is 74.6 Å².